The normalized spacial score (nSPS) is 14.8. The number of anilines is 2. The summed E-state index contributed by atoms with van der Waals surface area (Å²) in [6.45, 7) is 3.84. The predicted octanol–water partition coefficient (Wildman–Crippen LogP) is 1.50. The fraction of sp³-hybridized carbons (Fsp3) is 0.389. The van der Waals surface area contributed by atoms with Gasteiger partial charge in [-0.3, -0.25) is 4.79 Å². The first-order chi connectivity index (χ1) is 12.6. The SMILES string of the molecule is COc1ccc(C(=O)Nc2ccc(N3CCN(C)CC3)nn2)cc1OC. The summed E-state index contributed by atoms with van der Waals surface area (Å²) in [6, 6.07) is 8.63. The van der Waals surface area contributed by atoms with E-state index in [-0.39, 0.29) is 5.91 Å². The van der Waals surface area contributed by atoms with Crippen molar-refractivity contribution in [2.24, 2.45) is 0 Å². The molecule has 8 nitrogen and oxygen atoms in total. The van der Waals surface area contributed by atoms with Gasteiger partial charge in [0.05, 0.1) is 14.2 Å². The third kappa shape index (κ3) is 4.02. The van der Waals surface area contributed by atoms with Gasteiger partial charge in [0, 0.05) is 31.7 Å². The molecule has 0 spiro atoms. The topological polar surface area (TPSA) is 79.8 Å². The number of piperazine rings is 1. The van der Waals surface area contributed by atoms with Gasteiger partial charge in [0.25, 0.3) is 5.91 Å². The summed E-state index contributed by atoms with van der Waals surface area (Å²) in [5.41, 5.74) is 0.451. The van der Waals surface area contributed by atoms with Crippen LogP contribution in [0.2, 0.25) is 0 Å². The summed E-state index contributed by atoms with van der Waals surface area (Å²) < 4.78 is 10.4. The Hall–Kier alpha value is -2.87. The molecule has 1 aliphatic heterocycles. The molecule has 0 aliphatic carbocycles. The molecule has 0 bridgehead atoms. The molecule has 138 valence electrons. The van der Waals surface area contributed by atoms with Gasteiger partial charge >= 0.3 is 0 Å². The Morgan fingerprint density at radius 1 is 1.00 bits per heavy atom. The van der Waals surface area contributed by atoms with Crippen molar-refractivity contribution in [3.8, 4) is 11.5 Å². The zero-order valence-corrected chi connectivity index (χ0v) is 15.2. The molecule has 2 aromatic rings. The maximum absolute atomic E-state index is 12.4. The van der Waals surface area contributed by atoms with Crippen LogP contribution in [-0.4, -0.2) is 68.5 Å². The Labute approximate surface area is 152 Å². The Balaban J connectivity index is 1.66. The van der Waals surface area contributed by atoms with E-state index in [9.17, 15) is 4.79 Å². The maximum atomic E-state index is 12.4. The monoisotopic (exact) mass is 357 g/mol. The number of hydrogen-bond acceptors (Lipinski definition) is 7. The van der Waals surface area contributed by atoms with Crippen molar-refractivity contribution in [2.45, 2.75) is 0 Å². The highest BCUT2D eigenvalue weighted by Gasteiger charge is 2.16. The Bertz CT molecular complexity index is 758. The van der Waals surface area contributed by atoms with E-state index in [0.29, 0.717) is 22.9 Å². The van der Waals surface area contributed by atoms with Gasteiger partial charge in [0.1, 0.15) is 0 Å². The minimum atomic E-state index is -0.285. The van der Waals surface area contributed by atoms with Crippen LogP contribution in [0.5, 0.6) is 11.5 Å². The molecule has 1 amide bonds. The summed E-state index contributed by atoms with van der Waals surface area (Å²) >= 11 is 0. The highest BCUT2D eigenvalue weighted by Crippen LogP contribution is 2.27. The van der Waals surface area contributed by atoms with Crippen molar-refractivity contribution in [3.63, 3.8) is 0 Å². The van der Waals surface area contributed by atoms with E-state index in [1.54, 1.807) is 31.4 Å². The van der Waals surface area contributed by atoms with Crippen LogP contribution < -0.4 is 19.7 Å². The summed E-state index contributed by atoms with van der Waals surface area (Å²) in [7, 11) is 5.19. The van der Waals surface area contributed by atoms with Gasteiger partial charge in [-0.1, -0.05) is 0 Å². The van der Waals surface area contributed by atoms with Gasteiger partial charge in [-0.2, -0.15) is 0 Å². The van der Waals surface area contributed by atoms with Gasteiger partial charge in [0.15, 0.2) is 23.1 Å². The summed E-state index contributed by atoms with van der Waals surface area (Å²) in [6.07, 6.45) is 0. The lowest BCUT2D eigenvalue weighted by Crippen LogP contribution is -2.44. The van der Waals surface area contributed by atoms with Gasteiger partial charge in [-0.05, 0) is 37.4 Å². The van der Waals surface area contributed by atoms with E-state index in [4.69, 9.17) is 9.47 Å². The first-order valence-electron chi connectivity index (χ1n) is 8.41. The predicted molar refractivity (Wildman–Crippen MR) is 99.2 cm³/mol. The van der Waals surface area contributed by atoms with E-state index in [1.807, 2.05) is 6.07 Å². The average Bonchev–Trinajstić information content (AvgIpc) is 2.68. The van der Waals surface area contributed by atoms with E-state index in [1.165, 1.54) is 7.11 Å². The molecular formula is C18H23N5O3. The Morgan fingerprint density at radius 3 is 2.35 bits per heavy atom. The zero-order valence-electron chi connectivity index (χ0n) is 15.2. The second-order valence-electron chi connectivity index (χ2n) is 6.09. The number of hydrogen-bond donors (Lipinski definition) is 1. The summed E-state index contributed by atoms with van der Waals surface area (Å²) in [5, 5.41) is 11.1. The van der Waals surface area contributed by atoms with Crippen LogP contribution in [0.25, 0.3) is 0 Å². The molecule has 1 aromatic heterocycles. The molecule has 3 rings (SSSR count). The number of benzene rings is 1. The maximum Gasteiger partial charge on any atom is 0.257 e. The van der Waals surface area contributed by atoms with Crippen molar-refractivity contribution in [2.75, 3.05) is 57.7 Å². The lowest BCUT2D eigenvalue weighted by Gasteiger charge is -2.32. The van der Waals surface area contributed by atoms with E-state index in [0.717, 1.165) is 32.0 Å². The molecular weight excluding hydrogens is 334 g/mol. The molecule has 26 heavy (non-hydrogen) atoms. The molecule has 1 aromatic carbocycles. The van der Waals surface area contributed by atoms with E-state index < -0.39 is 0 Å². The average molecular weight is 357 g/mol. The van der Waals surface area contributed by atoms with Crippen molar-refractivity contribution >= 4 is 17.5 Å². The first kappa shape index (κ1) is 17.9. The standard InChI is InChI=1S/C18H23N5O3/c1-22-8-10-23(11-9-22)17-7-6-16(20-21-17)19-18(24)13-4-5-14(25-2)15(12-13)26-3/h4-7,12H,8-11H2,1-3H3,(H,19,20,24). The van der Waals surface area contributed by atoms with Crippen LogP contribution in [0, 0.1) is 0 Å². The number of nitrogens with one attached hydrogen (secondary N) is 1. The number of carbonyl (C=O) groups is 1. The van der Waals surface area contributed by atoms with Crippen LogP contribution in [-0.2, 0) is 0 Å². The molecule has 0 atom stereocenters. The second kappa shape index (κ2) is 8.01. The van der Waals surface area contributed by atoms with Crippen molar-refractivity contribution < 1.29 is 14.3 Å². The minimum Gasteiger partial charge on any atom is -0.493 e. The fourth-order valence-corrected chi connectivity index (χ4v) is 2.76. The molecule has 1 fully saturated rings. The number of methoxy groups -OCH3 is 2. The van der Waals surface area contributed by atoms with Gasteiger partial charge in [-0.25, -0.2) is 0 Å². The quantitative estimate of drug-likeness (QED) is 0.868. The lowest BCUT2D eigenvalue weighted by molar-refractivity contribution is 0.102. The smallest absolute Gasteiger partial charge is 0.257 e. The first-order valence-corrected chi connectivity index (χ1v) is 8.41. The molecule has 8 heteroatoms. The summed E-state index contributed by atoms with van der Waals surface area (Å²) in [5.74, 6) is 2.01. The van der Waals surface area contributed by atoms with Crippen LogP contribution in [0.15, 0.2) is 30.3 Å². The highest BCUT2D eigenvalue weighted by atomic mass is 16.5. The van der Waals surface area contributed by atoms with Crippen LogP contribution in [0.4, 0.5) is 11.6 Å². The Kier molecular flexibility index (Phi) is 5.52. The third-order valence-corrected chi connectivity index (χ3v) is 4.37. The van der Waals surface area contributed by atoms with Gasteiger partial charge in [-0.15, -0.1) is 10.2 Å². The number of rotatable bonds is 5. The van der Waals surface area contributed by atoms with Crippen molar-refractivity contribution in [1.29, 1.82) is 0 Å². The molecule has 0 unspecified atom stereocenters. The highest BCUT2D eigenvalue weighted by molar-refractivity contribution is 6.04. The number of nitrogens with zero attached hydrogens (tertiary/aromatic N) is 4. The van der Waals surface area contributed by atoms with Gasteiger partial charge in [0.2, 0.25) is 0 Å². The number of aromatic nitrogens is 2. The van der Waals surface area contributed by atoms with Gasteiger partial charge < -0.3 is 24.6 Å². The molecule has 0 saturated carbocycles. The van der Waals surface area contributed by atoms with E-state index >= 15 is 0 Å². The van der Waals surface area contributed by atoms with Crippen LogP contribution in [0.1, 0.15) is 10.4 Å². The Morgan fingerprint density at radius 2 is 1.73 bits per heavy atom. The van der Waals surface area contributed by atoms with Crippen LogP contribution in [0.3, 0.4) is 0 Å². The molecule has 0 radical (unpaired) electrons. The fourth-order valence-electron chi connectivity index (χ4n) is 2.76. The minimum absolute atomic E-state index is 0.285. The number of likely N-dealkylation sites (N-methyl/N-ethyl adjacent to an activating group) is 1. The zero-order chi connectivity index (χ0) is 18.5. The number of amides is 1. The van der Waals surface area contributed by atoms with Crippen molar-refractivity contribution in [3.05, 3.63) is 35.9 Å². The summed E-state index contributed by atoms with van der Waals surface area (Å²) in [4.78, 5) is 16.9. The number of ether oxygens (including phenoxy) is 2. The molecule has 1 aliphatic rings. The lowest BCUT2D eigenvalue weighted by atomic mass is 10.2. The number of carbonyl (C=O) groups excluding carboxylic acids is 1. The third-order valence-electron chi connectivity index (χ3n) is 4.37. The van der Waals surface area contributed by atoms with E-state index in [2.05, 4.69) is 32.4 Å². The molecule has 2 heterocycles. The van der Waals surface area contributed by atoms with Crippen LogP contribution >= 0.6 is 0 Å². The molecule has 1 saturated heterocycles. The van der Waals surface area contributed by atoms with Crippen molar-refractivity contribution in [1.82, 2.24) is 15.1 Å². The molecule has 1 N–H and O–H groups in total. The second-order valence-corrected chi connectivity index (χ2v) is 6.09. The largest absolute Gasteiger partial charge is 0.493 e.